The van der Waals surface area contributed by atoms with E-state index < -0.39 is 0 Å². The van der Waals surface area contributed by atoms with E-state index in [9.17, 15) is 4.79 Å². The highest BCUT2D eigenvalue weighted by Gasteiger charge is 2.38. The van der Waals surface area contributed by atoms with Gasteiger partial charge in [0.15, 0.2) is 5.17 Å². The first kappa shape index (κ1) is 20.9. The Morgan fingerprint density at radius 1 is 0.906 bits per heavy atom. The number of anilines is 1. The molecule has 160 valence electrons. The molecule has 0 N–H and O–H groups in total. The van der Waals surface area contributed by atoms with E-state index in [-0.39, 0.29) is 5.91 Å². The first-order valence-electron chi connectivity index (χ1n) is 10.5. The molecule has 2 aliphatic rings. The van der Waals surface area contributed by atoms with Crippen LogP contribution in [0.4, 0.5) is 11.4 Å². The fourth-order valence-electron chi connectivity index (χ4n) is 3.81. The number of carbonyl (C=O) groups excluding carboxylic acids is 1. The smallest absolute Gasteiger partial charge is 0.269 e. The van der Waals surface area contributed by atoms with Crippen LogP contribution in [0.15, 0.2) is 98.7 Å². The van der Waals surface area contributed by atoms with E-state index in [0.29, 0.717) is 6.54 Å². The summed E-state index contributed by atoms with van der Waals surface area (Å²) in [5, 5.41) is 1.71. The van der Waals surface area contributed by atoms with E-state index in [1.54, 1.807) is 11.8 Å². The largest absolute Gasteiger partial charge is 0.337 e. The molecule has 2 aliphatic heterocycles. The van der Waals surface area contributed by atoms with Crippen LogP contribution in [0.25, 0.3) is 0 Å². The van der Waals surface area contributed by atoms with Crippen LogP contribution in [0.3, 0.4) is 0 Å². The van der Waals surface area contributed by atoms with Crippen LogP contribution >= 0.6 is 23.5 Å². The Bertz CT molecular complexity index is 1240. The van der Waals surface area contributed by atoms with Crippen LogP contribution in [0.1, 0.15) is 11.1 Å². The van der Waals surface area contributed by atoms with Gasteiger partial charge in [0.05, 0.1) is 16.4 Å². The fourth-order valence-corrected chi connectivity index (χ4v) is 6.18. The highest BCUT2D eigenvalue weighted by Crippen LogP contribution is 2.50. The number of fused-ring (bicyclic) bond motifs is 1. The molecule has 0 aromatic heterocycles. The summed E-state index contributed by atoms with van der Waals surface area (Å²) in [6, 6.07) is 26.6. The van der Waals surface area contributed by atoms with Gasteiger partial charge in [-0.1, -0.05) is 66.4 Å². The van der Waals surface area contributed by atoms with E-state index in [2.05, 4.69) is 42.2 Å². The Morgan fingerprint density at radius 2 is 1.69 bits per heavy atom. The molecule has 0 spiro atoms. The topological polar surface area (TPSA) is 35.9 Å². The Hall–Kier alpha value is -2.96. The number of aliphatic imine (C=N–C) groups is 1. The average molecular weight is 458 g/mol. The summed E-state index contributed by atoms with van der Waals surface area (Å²) < 4.78 is 0. The van der Waals surface area contributed by atoms with Gasteiger partial charge in [-0.2, -0.15) is 0 Å². The molecule has 4 nitrogen and oxygen atoms in total. The summed E-state index contributed by atoms with van der Waals surface area (Å²) >= 11 is 3.13. The van der Waals surface area contributed by atoms with Crippen LogP contribution in [0.2, 0.25) is 0 Å². The normalized spacial score (nSPS) is 19.2. The quantitative estimate of drug-likeness (QED) is 0.436. The average Bonchev–Trinajstić information content (AvgIpc) is 3.29. The SMILES string of the molecule is Cc1cccc(N=C2SC(=C3Sc4ccccc4N3C)C(=O)N2CCc2ccccc2)c1. The standard InChI is InChI=1S/C26H23N3OS2/c1-18-9-8-12-20(17-18)27-26-29(16-15-19-10-4-3-5-11-19)24(30)23(32-26)25-28(2)21-13-6-7-14-22(21)31-25/h3-14,17H,15-16H2,1-2H3. The number of thioether (sulfide) groups is 2. The molecule has 1 fully saturated rings. The fraction of sp³-hybridized carbons (Fsp3) is 0.154. The maximum absolute atomic E-state index is 13.6. The number of carbonyl (C=O) groups is 1. The third-order valence-corrected chi connectivity index (χ3v) is 7.92. The lowest BCUT2D eigenvalue weighted by Crippen LogP contribution is -2.31. The Kier molecular flexibility index (Phi) is 5.81. The summed E-state index contributed by atoms with van der Waals surface area (Å²) in [6.07, 6.45) is 0.784. The van der Waals surface area contributed by atoms with Crippen molar-refractivity contribution in [2.24, 2.45) is 4.99 Å². The lowest BCUT2D eigenvalue weighted by Gasteiger charge is -2.16. The van der Waals surface area contributed by atoms with Gasteiger partial charge >= 0.3 is 0 Å². The molecule has 1 saturated heterocycles. The molecule has 2 heterocycles. The summed E-state index contributed by atoms with van der Waals surface area (Å²) in [7, 11) is 2.03. The number of nitrogens with zero attached hydrogens (tertiary/aromatic N) is 3. The van der Waals surface area contributed by atoms with Crippen molar-refractivity contribution < 1.29 is 4.79 Å². The van der Waals surface area contributed by atoms with E-state index in [1.807, 2.05) is 60.5 Å². The number of para-hydroxylation sites is 1. The van der Waals surface area contributed by atoms with Crippen LogP contribution in [0.5, 0.6) is 0 Å². The summed E-state index contributed by atoms with van der Waals surface area (Å²) in [5.41, 5.74) is 4.36. The molecule has 0 bridgehead atoms. The lowest BCUT2D eigenvalue weighted by molar-refractivity contribution is -0.122. The first-order chi connectivity index (χ1) is 15.6. The van der Waals surface area contributed by atoms with E-state index in [1.165, 1.54) is 22.2 Å². The molecule has 0 atom stereocenters. The van der Waals surface area contributed by atoms with Gasteiger partial charge in [-0.15, -0.1) is 0 Å². The number of amidine groups is 1. The first-order valence-corrected chi connectivity index (χ1v) is 12.2. The predicted molar refractivity (Wildman–Crippen MR) is 135 cm³/mol. The lowest BCUT2D eigenvalue weighted by atomic mass is 10.1. The predicted octanol–water partition coefficient (Wildman–Crippen LogP) is 6.21. The van der Waals surface area contributed by atoms with Crippen molar-refractivity contribution >= 4 is 46.0 Å². The van der Waals surface area contributed by atoms with E-state index in [0.717, 1.165) is 38.5 Å². The van der Waals surface area contributed by atoms with Gasteiger partial charge in [-0.25, -0.2) is 4.99 Å². The minimum atomic E-state index is 0.0273. The van der Waals surface area contributed by atoms with Crippen molar-refractivity contribution in [1.29, 1.82) is 0 Å². The molecule has 0 unspecified atom stereocenters. The summed E-state index contributed by atoms with van der Waals surface area (Å²) in [5.74, 6) is 0.0273. The molecule has 1 amide bonds. The summed E-state index contributed by atoms with van der Waals surface area (Å²) in [6.45, 7) is 2.65. The Morgan fingerprint density at radius 3 is 2.47 bits per heavy atom. The zero-order valence-electron chi connectivity index (χ0n) is 18.0. The Labute approximate surface area is 197 Å². The van der Waals surface area contributed by atoms with Gasteiger partial charge < -0.3 is 4.90 Å². The number of amides is 1. The van der Waals surface area contributed by atoms with Gasteiger partial charge in [0.25, 0.3) is 5.91 Å². The molecule has 0 saturated carbocycles. The van der Waals surface area contributed by atoms with E-state index in [4.69, 9.17) is 4.99 Å². The van der Waals surface area contributed by atoms with Gasteiger partial charge in [0, 0.05) is 18.5 Å². The van der Waals surface area contributed by atoms with Crippen LogP contribution in [0, 0.1) is 6.92 Å². The maximum atomic E-state index is 13.6. The highest BCUT2D eigenvalue weighted by molar-refractivity contribution is 8.19. The zero-order chi connectivity index (χ0) is 22.1. The number of aryl methyl sites for hydroxylation is 1. The van der Waals surface area contributed by atoms with Crippen molar-refractivity contribution in [2.75, 3.05) is 18.5 Å². The molecule has 0 aliphatic carbocycles. The van der Waals surface area contributed by atoms with E-state index >= 15 is 0 Å². The Balaban J connectivity index is 1.50. The number of hydrogen-bond donors (Lipinski definition) is 0. The number of hydrogen-bond acceptors (Lipinski definition) is 5. The van der Waals surface area contributed by atoms with Gasteiger partial charge in [-0.05, 0) is 60.5 Å². The third kappa shape index (κ3) is 4.08. The minimum Gasteiger partial charge on any atom is -0.337 e. The molecule has 32 heavy (non-hydrogen) atoms. The molecule has 6 heteroatoms. The zero-order valence-corrected chi connectivity index (χ0v) is 19.6. The molecule has 0 radical (unpaired) electrons. The minimum absolute atomic E-state index is 0.0273. The second-order valence-electron chi connectivity index (χ2n) is 7.79. The summed E-state index contributed by atoms with van der Waals surface area (Å²) in [4.78, 5) is 24.4. The van der Waals surface area contributed by atoms with Crippen molar-refractivity contribution in [1.82, 2.24) is 4.90 Å². The van der Waals surface area contributed by atoms with Gasteiger partial charge in [-0.3, -0.25) is 9.69 Å². The van der Waals surface area contributed by atoms with Crippen LogP contribution in [-0.2, 0) is 11.2 Å². The highest BCUT2D eigenvalue weighted by atomic mass is 32.2. The second-order valence-corrected chi connectivity index (χ2v) is 9.80. The van der Waals surface area contributed by atoms with Crippen LogP contribution < -0.4 is 4.90 Å². The van der Waals surface area contributed by atoms with Gasteiger partial charge in [0.2, 0.25) is 0 Å². The van der Waals surface area contributed by atoms with Crippen molar-refractivity contribution in [3.63, 3.8) is 0 Å². The third-order valence-electron chi connectivity index (χ3n) is 5.49. The maximum Gasteiger partial charge on any atom is 0.269 e. The van der Waals surface area contributed by atoms with Crippen molar-refractivity contribution in [3.8, 4) is 0 Å². The monoisotopic (exact) mass is 457 g/mol. The molecule has 3 aromatic rings. The second kappa shape index (κ2) is 8.88. The molecule has 5 rings (SSSR count). The molecule has 3 aromatic carbocycles. The van der Waals surface area contributed by atoms with Crippen molar-refractivity contribution in [2.45, 2.75) is 18.2 Å². The van der Waals surface area contributed by atoms with Crippen LogP contribution in [-0.4, -0.2) is 29.6 Å². The molecular weight excluding hydrogens is 434 g/mol. The van der Waals surface area contributed by atoms with Crippen molar-refractivity contribution in [3.05, 3.63) is 99.9 Å². The number of rotatable bonds is 4. The molecular formula is C26H23N3OS2. The number of benzene rings is 3. The van der Waals surface area contributed by atoms with Gasteiger partial charge in [0.1, 0.15) is 4.91 Å².